The van der Waals surface area contributed by atoms with Crippen LogP contribution in [0.3, 0.4) is 0 Å². The van der Waals surface area contributed by atoms with E-state index in [-0.39, 0.29) is 12.1 Å². The highest BCUT2D eigenvalue weighted by atomic mass is 16.4. The van der Waals surface area contributed by atoms with E-state index in [4.69, 9.17) is 5.11 Å². The fourth-order valence-corrected chi connectivity index (χ4v) is 1.48. The highest BCUT2D eigenvalue weighted by Crippen LogP contribution is 2.03. The van der Waals surface area contributed by atoms with E-state index in [1.807, 2.05) is 0 Å². The zero-order valence-corrected chi connectivity index (χ0v) is 8.54. The zero-order chi connectivity index (χ0) is 11.7. The topological polar surface area (TPSA) is 85.1 Å². The zero-order valence-electron chi connectivity index (χ0n) is 8.54. The Balaban J connectivity index is 2.76. The fraction of sp³-hybridized carbons (Fsp3) is 0.200. The van der Waals surface area contributed by atoms with Gasteiger partial charge in [-0.05, 0) is 19.1 Å². The van der Waals surface area contributed by atoms with Crippen molar-refractivity contribution in [2.45, 2.75) is 13.5 Å². The molecule has 0 amide bonds. The molecule has 2 rings (SSSR count). The van der Waals surface area contributed by atoms with Crippen molar-refractivity contribution in [1.29, 1.82) is 0 Å². The van der Waals surface area contributed by atoms with Gasteiger partial charge in [-0.25, -0.2) is 9.97 Å². The molecule has 0 radical (unpaired) electrons. The summed E-state index contributed by atoms with van der Waals surface area (Å²) >= 11 is 0. The third-order valence-electron chi connectivity index (χ3n) is 2.21. The number of aromatic nitrogens is 3. The third-order valence-corrected chi connectivity index (χ3v) is 2.21. The molecule has 2 heterocycles. The summed E-state index contributed by atoms with van der Waals surface area (Å²) in [5, 5.41) is 9.01. The summed E-state index contributed by atoms with van der Waals surface area (Å²) in [5.74, 6) is -0.728. The molecule has 82 valence electrons. The first-order valence-corrected chi connectivity index (χ1v) is 4.63. The van der Waals surface area contributed by atoms with Crippen LogP contribution >= 0.6 is 0 Å². The van der Waals surface area contributed by atoms with Crippen LogP contribution in [0.4, 0.5) is 0 Å². The minimum atomic E-state index is -1.07. The van der Waals surface area contributed by atoms with Gasteiger partial charge in [-0.1, -0.05) is 0 Å². The van der Waals surface area contributed by atoms with Gasteiger partial charge in [0.15, 0.2) is 5.65 Å². The SMILES string of the molecule is Cc1nc2ncccc2c(=O)n1CC(=O)O. The average molecular weight is 219 g/mol. The Morgan fingerprint density at radius 2 is 2.31 bits per heavy atom. The van der Waals surface area contributed by atoms with Gasteiger partial charge in [0.2, 0.25) is 0 Å². The van der Waals surface area contributed by atoms with Gasteiger partial charge in [0.05, 0.1) is 5.39 Å². The molecule has 0 spiro atoms. The maximum atomic E-state index is 11.9. The molecule has 0 atom stereocenters. The van der Waals surface area contributed by atoms with Crippen LogP contribution in [0.25, 0.3) is 11.0 Å². The first-order chi connectivity index (χ1) is 7.59. The molecule has 0 saturated carbocycles. The van der Waals surface area contributed by atoms with Crippen molar-refractivity contribution in [3.8, 4) is 0 Å². The molecule has 0 aliphatic heterocycles. The largest absolute Gasteiger partial charge is 0.480 e. The van der Waals surface area contributed by atoms with Gasteiger partial charge in [-0.3, -0.25) is 14.2 Å². The van der Waals surface area contributed by atoms with E-state index in [9.17, 15) is 9.59 Å². The molecule has 0 unspecified atom stereocenters. The summed E-state index contributed by atoms with van der Waals surface area (Å²) in [5.41, 5.74) is -0.0374. The lowest BCUT2D eigenvalue weighted by atomic mass is 10.3. The number of carboxylic acid groups (broad SMARTS) is 1. The fourth-order valence-electron chi connectivity index (χ4n) is 1.48. The van der Waals surface area contributed by atoms with E-state index in [1.54, 1.807) is 19.1 Å². The van der Waals surface area contributed by atoms with Gasteiger partial charge in [-0.2, -0.15) is 0 Å². The number of pyridine rings is 1. The van der Waals surface area contributed by atoms with Crippen molar-refractivity contribution >= 4 is 17.0 Å². The molecule has 1 N–H and O–H groups in total. The van der Waals surface area contributed by atoms with Crippen LogP contribution in [0, 0.1) is 6.92 Å². The molecular formula is C10H9N3O3. The van der Waals surface area contributed by atoms with E-state index >= 15 is 0 Å². The molecule has 6 heteroatoms. The van der Waals surface area contributed by atoms with Crippen molar-refractivity contribution < 1.29 is 9.90 Å². The second-order valence-electron chi connectivity index (χ2n) is 3.32. The van der Waals surface area contributed by atoms with Crippen molar-refractivity contribution in [1.82, 2.24) is 14.5 Å². The standard InChI is InChI=1S/C10H9N3O3/c1-6-12-9-7(3-2-4-11-9)10(16)13(6)5-8(14)15/h2-4H,5H2,1H3,(H,14,15). The van der Waals surface area contributed by atoms with Crippen LogP contribution in [0.15, 0.2) is 23.1 Å². The van der Waals surface area contributed by atoms with E-state index in [1.165, 1.54) is 6.20 Å². The number of carbonyl (C=O) groups is 1. The second-order valence-corrected chi connectivity index (χ2v) is 3.32. The number of aliphatic carboxylic acids is 1. The summed E-state index contributed by atoms with van der Waals surface area (Å²) in [6, 6.07) is 3.20. The Kier molecular flexibility index (Phi) is 2.40. The normalized spacial score (nSPS) is 10.6. The third kappa shape index (κ3) is 1.65. The maximum Gasteiger partial charge on any atom is 0.323 e. The summed E-state index contributed by atoms with van der Waals surface area (Å²) in [6.45, 7) is 1.20. The molecule has 0 saturated heterocycles. The van der Waals surface area contributed by atoms with Crippen LogP contribution in [-0.2, 0) is 11.3 Å². The minimum Gasteiger partial charge on any atom is -0.480 e. The van der Waals surface area contributed by atoms with Crippen LogP contribution in [0.1, 0.15) is 5.82 Å². The van der Waals surface area contributed by atoms with Gasteiger partial charge in [-0.15, -0.1) is 0 Å². The van der Waals surface area contributed by atoms with Gasteiger partial charge >= 0.3 is 5.97 Å². The van der Waals surface area contributed by atoms with Crippen LogP contribution < -0.4 is 5.56 Å². The predicted molar refractivity (Wildman–Crippen MR) is 56.2 cm³/mol. The molecule has 0 fully saturated rings. The van der Waals surface area contributed by atoms with Gasteiger partial charge in [0.25, 0.3) is 5.56 Å². The van der Waals surface area contributed by atoms with Crippen LogP contribution in [0.5, 0.6) is 0 Å². The molecule has 0 aromatic carbocycles. The lowest BCUT2D eigenvalue weighted by molar-refractivity contribution is -0.137. The number of rotatable bonds is 2. The number of nitrogens with zero attached hydrogens (tertiary/aromatic N) is 3. The Morgan fingerprint density at radius 1 is 1.56 bits per heavy atom. The first kappa shape index (κ1) is 10.3. The number of fused-ring (bicyclic) bond motifs is 1. The molecule has 0 aliphatic carbocycles. The quantitative estimate of drug-likeness (QED) is 0.779. The van der Waals surface area contributed by atoms with Crippen molar-refractivity contribution in [3.63, 3.8) is 0 Å². The van der Waals surface area contributed by atoms with Gasteiger partial charge < -0.3 is 5.11 Å². The van der Waals surface area contributed by atoms with E-state index < -0.39 is 5.97 Å². The highest BCUT2D eigenvalue weighted by molar-refractivity contribution is 5.73. The lowest BCUT2D eigenvalue weighted by Crippen LogP contribution is -2.27. The van der Waals surface area contributed by atoms with Gasteiger partial charge in [0.1, 0.15) is 12.4 Å². The summed E-state index contributed by atoms with van der Waals surface area (Å²) in [7, 11) is 0. The number of hydrogen-bond acceptors (Lipinski definition) is 4. The van der Waals surface area contributed by atoms with Gasteiger partial charge in [0, 0.05) is 6.20 Å². The molecule has 6 nitrogen and oxygen atoms in total. The van der Waals surface area contributed by atoms with Crippen molar-refractivity contribution in [3.05, 3.63) is 34.5 Å². The molecule has 0 aliphatic rings. The van der Waals surface area contributed by atoms with Crippen LogP contribution in [0.2, 0.25) is 0 Å². The summed E-state index contributed by atoms with van der Waals surface area (Å²) in [6.07, 6.45) is 1.54. The molecule has 2 aromatic rings. The van der Waals surface area contributed by atoms with E-state index in [0.29, 0.717) is 16.9 Å². The molecule has 16 heavy (non-hydrogen) atoms. The Hall–Kier alpha value is -2.24. The number of aryl methyl sites for hydroxylation is 1. The van der Waals surface area contributed by atoms with E-state index in [0.717, 1.165) is 4.57 Å². The Labute approximate surface area is 90.2 Å². The van der Waals surface area contributed by atoms with E-state index in [2.05, 4.69) is 9.97 Å². The van der Waals surface area contributed by atoms with Crippen molar-refractivity contribution in [2.24, 2.45) is 0 Å². The smallest absolute Gasteiger partial charge is 0.323 e. The maximum absolute atomic E-state index is 11.9. The predicted octanol–water partition coefficient (Wildman–Crippen LogP) is 0.185. The Morgan fingerprint density at radius 3 is 3.00 bits per heavy atom. The highest BCUT2D eigenvalue weighted by Gasteiger charge is 2.10. The van der Waals surface area contributed by atoms with Crippen molar-refractivity contribution in [2.75, 3.05) is 0 Å². The minimum absolute atomic E-state index is 0.328. The number of carboxylic acids is 1. The average Bonchev–Trinajstić information content (AvgIpc) is 2.24. The lowest BCUT2D eigenvalue weighted by Gasteiger charge is -2.06. The molecule has 0 bridgehead atoms. The Bertz CT molecular complexity index is 618. The monoisotopic (exact) mass is 219 g/mol. The first-order valence-electron chi connectivity index (χ1n) is 4.63. The second kappa shape index (κ2) is 3.73. The molecular weight excluding hydrogens is 210 g/mol. The number of hydrogen-bond donors (Lipinski definition) is 1. The summed E-state index contributed by atoms with van der Waals surface area (Å²) in [4.78, 5) is 30.5. The van der Waals surface area contributed by atoms with Crippen LogP contribution in [-0.4, -0.2) is 25.6 Å². The molecule has 2 aromatic heterocycles. The summed E-state index contributed by atoms with van der Waals surface area (Å²) < 4.78 is 1.12.